The number of hydrogen-bond donors (Lipinski definition) is 2. The summed E-state index contributed by atoms with van der Waals surface area (Å²) in [6.07, 6.45) is 1.93. The van der Waals surface area contributed by atoms with Crippen LogP contribution in [0.25, 0.3) is 0 Å². The first-order valence-electron chi connectivity index (χ1n) is 9.37. The van der Waals surface area contributed by atoms with E-state index in [1.54, 1.807) is 19.2 Å². The largest absolute Gasteiger partial charge is 0.490 e. The van der Waals surface area contributed by atoms with Crippen LogP contribution in [0.1, 0.15) is 12.8 Å². The molecule has 1 amide bonds. The Bertz CT molecular complexity index is 805. The van der Waals surface area contributed by atoms with Gasteiger partial charge in [0, 0.05) is 38.7 Å². The fraction of sp³-hybridized carbons (Fsp3) is 0.333. The predicted molar refractivity (Wildman–Crippen MR) is 108 cm³/mol. The van der Waals surface area contributed by atoms with Crippen molar-refractivity contribution in [3.63, 3.8) is 0 Å². The van der Waals surface area contributed by atoms with Gasteiger partial charge in [-0.05, 0) is 30.3 Å². The van der Waals surface area contributed by atoms with E-state index in [9.17, 15) is 9.18 Å². The lowest BCUT2D eigenvalue weighted by Crippen LogP contribution is -2.49. The number of piperidine rings is 1. The van der Waals surface area contributed by atoms with Gasteiger partial charge in [0.05, 0.1) is 6.54 Å². The smallest absolute Gasteiger partial charge is 0.243 e. The quantitative estimate of drug-likeness (QED) is 0.615. The van der Waals surface area contributed by atoms with Crippen molar-refractivity contribution in [2.45, 2.75) is 18.9 Å². The highest BCUT2D eigenvalue weighted by Crippen LogP contribution is 2.18. The number of guanidine groups is 1. The average molecular weight is 384 g/mol. The minimum atomic E-state index is -0.387. The van der Waals surface area contributed by atoms with E-state index in [0.717, 1.165) is 31.7 Å². The zero-order chi connectivity index (χ0) is 19.8. The Morgan fingerprint density at radius 3 is 2.61 bits per heavy atom. The fourth-order valence-corrected chi connectivity index (χ4v) is 3.14. The molecule has 1 aliphatic heterocycles. The summed E-state index contributed by atoms with van der Waals surface area (Å²) in [5, 5.41) is 5.73. The van der Waals surface area contributed by atoms with Gasteiger partial charge in [-0.2, -0.15) is 0 Å². The third kappa shape index (κ3) is 5.70. The number of para-hydroxylation sites is 1. The Hall–Kier alpha value is -3.09. The number of halogens is 1. The molecule has 28 heavy (non-hydrogen) atoms. The first kappa shape index (κ1) is 19.7. The fourth-order valence-electron chi connectivity index (χ4n) is 3.14. The number of anilines is 1. The molecule has 148 valence electrons. The van der Waals surface area contributed by atoms with Gasteiger partial charge in [-0.3, -0.25) is 9.79 Å². The molecular weight excluding hydrogens is 359 g/mol. The first-order chi connectivity index (χ1) is 13.6. The second-order valence-corrected chi connectivity index (χ2v) is 6.58. The Labute approximate surface area is 164 Å². The van der Waals surface area contributed by atoms with Crippen LogP contribution in [0.5, 0.6) is 5.75 Å². The maximum atomic E-state index is 13.2. The number of carbonyl (C=O) groups is 1. The molecule has 0 unspecified atom stereocenters. The van der Waals surface area contributed by atoms with E-state index >= 15 is 0 Å². The first-order valence-corrected chi connectivity index (χ1v) is 9.37. The standard InChI is InChI=1S/C21H25FN4O2/c1-23-21(24-15-20(27)25-17-7-5-6-16(22)14-17)26-12-10-19(11-13-26)28-18-8-3-2-4-9-18/h2-9,14,19H,10-13,15H2,1H3,(H,23,24)(H,25,27). The van der Waals surface area contributed by atoms with Crippen molar-refractivity contribution < 1.29 is 13.9 Å². The number of amides is 1. The van der Waals surface area contributed by atoms with Crippen molar-refractivity contribution in [3.05, 3.63) is 60.4 Å². The van der Waals surface area contributed by atoms with Crippen LogP contribution in [0, 0.1) is 5.82 Å². The van der Waals surface area contributed by atoms with Crippen molar-refractivity contribution in [3.8, 4) is 5.75 Å². The van der Waals surface area contributed by atoms with E-state index in [-0.39, 0.29) is 24.4 Å². The van der Waals surface area contributed by atoms with Gasteiger partial charge in [-0.1, -0.05) is 24.3 Å². The number of carbonyl (C=O) groups excluding carboxylic acids is 1. The molecule has 1 saturated heterocycles. The lowest BCUT2D eigenvalue weighted by Gasteiger charge is -2.34. The summed E-state index contributed by atoms with van der Waals surface area (Å²) in [5.74, 6) is 0.918. The lowest BCUT2D eigenvalue weighted by atomic mass is 10.1. The molecule has 0 radical (unpaired) electrons. The van der Waals surface area contributed by atoms with Gasteiger partial charge in [-0.25, -0.2) is 4.39 Å². The Kier molecular flexibility index (Phi) is 6.84. The monoisotopic (exact) mass is 384 g/mol. The molecule has 0 spiro atoms. The number of ether oxygens (including phenoxy) is 1. The van der Waals surface area contributed by atoms with E-state index in [0.29, 0.717) is 11.6 Å². The molecule has 0 saturated carbocycles. The van der Waals surface area contributed by atoms with E-state index < -0.39 is 0 Å². The maximum Gasteiger partial charge on any atom is 0.243 e. The normalized spacial score (nSPS) is 15.2. The molecule has 1 aliphatic rings. The number of benzene rings is 2. The summed E-state index contributed by atoms with van der Waals surface area (Å²) in [6.45, 7) is 1.65. The summed E-state index contributed by atoms with van der Waals surface area (Å²) in [5.41, 5.74) is 0.431. The van der Waals surface area contributed by atoms with E-state index in [1.807, 2.05) is 30.3 Å². The molecule has 6 nitrogen and oxygen atoms in total. The van der Waals surface area contributed by atoms with Crippen LogP contribution in [0.4, 0.5) is 10.1 Å². The van der Waals surface area contributed by atoms with Crippen molar-refractivity contribution in [2.75, 3.05) is 32.0 Å². The molecule has 0 aliphatic carbocycles. The third-order valence-electron chi connectivity index (χ3n) is 4.51. The third-order valence-corrected chi connectivity index (χ3v) is 4.51. The molecule has 3 rings (SSSR count). The van der Waals surface area contributed by atoms with Crippen LogP contribution in [0.15, 0.2) is 59.6 Å². The molecule has 2 aromatic carbocycles. The van der Waals surface area contributed by atoms with Gasteiger partial charge in [0.1, 0.15) is 17.7 Å². The molecule has 2 aromatic rings. The number of nitrogens with zero attached hydrogens (tertiary/aromatic N) is 2. The van der Waals surface area contributed by atoms with E-state index in [1.165, 1.54) is 12.1 Å². The van der Waals surface area contributed by atoms with Crippen molar-refractivity contribution in [1.29, 1.82) is 0 Å². The number of nitrogens with one attached hydrogen (secondary N) is 2. The summed E-state index contributed by atoms with van der Waals surface area (Å²) in [7, 11) is 1.69. The van der Waals surface area contributed by atoms with Gasteiger partial charge in [0.25, 0.3) is 0 Å². The zero-order valence-corrected chi connectivity index (χ0v) is 15.9. The SMILES string of the molecule is CN=C(NCC(=O)Nc1cccc(F)c1)N1CCC(Oc2ccccc2)CC1. The molecule has 7 heteroatoms. The summed E-state index contributed by atoms with van der Waals surface area (Å²) in [6, 6.07) is 15.6. The zero-order valence-electron chi connectivity index (χ0n) is 15.9. The van der Waals surface area contributed by atoms with E-state index in [4.69, 9.17) is 4.74 Å². The topological polar surface area (TPSA) is 66.0 Å². The van der Waals surface area contributed by atoms with Gasteiger partial charge >= 0.3 is 0 Å². The van der Waals surface area contributed by atoms with E-state index in [2.05, 4.69) is 20.5 Å². The minimum Gasteiger partial charge on any atom is -0.490 e. The summed E-state index contributed by atoms with van der Waals surface area (Å²) >= 11 is 0. The molecule has 1 heterocycles. The maximum absolute atomic E-state index is 13.2. The number of hydrogen-bond acceptors (Lipinski definition) is 3. The minimum absolute atomic E-state index is 0.0592. The lowest BCUT2D eigenvalue weighted by molar-refractivity contribution is -0.115. The van der Waals surface area contributed by atoms with Gasteiger partial charge < -0.3 is 20.3 Å². The van der Waals surface area contributed by atoms with Crippen LogP contribution in [-0.4, -0.2) is 49.6 Å². The summed E-state index contributed by atoms with van der Waals surface area (Å²) < 4.78 is 19.2. The summed E-state index contributed by atoms with van der Waals surface area (Å²) in [4.78, 5) is 18.5. The Morgan fingerprint density at radius 2 is 1.93 bits per heavy atom. The second-order valence-electron chi connectivity index (χ2n) is 6.58. The molecule has 0 aromatic heterocycles. The van der Waals surface area contributed by atoms with Gasteiger partial charge in [0.15, 0.2) is 5.96 Å². The Balaban J connectivity index is 1.43. The highest BCUT2D eigenvalue weighted by Gasteiger charge is 2.23. The predicted octanol–water partition coefficient (Wildman–Crippen LogP) is 2.88. The number of aliphatic imine (C=N–C) groups is 1. The van der Waals surface area contributed by atoms with Crippen molar-refractivity contribution in [2.24, 2.45) is 4.99 Å². The van der Waals surface area contributed by atoms with Crippen LogP contribution >= 0.6 is 0 Å². The second kappa shape index (κ2) is 9.73. The van der Waals surface area contributed by atoms with Crippen LogP contribution in [-0.2, 0) is 4.79 Å². The molecular formula is C21H25FN4O2. The number of likely N-dealkylation sites (tertiary alicyclic amines) is 1. The highest BCUT2D eigenvalue weighted by molar-refractivity contribution is 5.95. The van der Waals surface area contributed by atoms with Gasteiger partial charge in [0.2, 0.25) is 5.91 Å². The molecule has 1 fully saturated rings. The Morgan fingerprint density at radius 1 is 1.18 bits per heavy atom. The highest BCUT2D eigenvalue weighted by atomic mass is 19.1. The molecule has 0 bridgehead atoms. The van der Waals surface area contributed by atoms with Crippen LogP contribution in [0.2, 0.25) is 0 Å². The van der Waals surface area contributed by atoms with Crippen LogP contribution in [0.3, 0.4) is 0 Å². The average Bonchev–Trinajstić information content (AvgIpc) is 2.70. The molecule has 0 atom stereocenters. The number of rotatable bonds is 5. The van der Waals surface area contributed by atoms with Gasteiger partial charge in [-0.15, -0.1) is 0 Å². The van der Waals surface area contributed by atoms with Crippen molar-refractivity contribution in [1.82, 2.24) is 10.2 Å². The van der Waals surface area contributed by atoms with Crippen LogP contribution < -0.4 is 15.4 Å². The molecule has 2 N–H and O–H groups in total. The van der Waals surface area contributed by atoms with Crippen molar-refractivity contribution >= 4 is 17.6 Å².